The highest BCUT2D eigenvalue weighted by molar-refractivity contribution is 9.10. The number of H-pyrrole nitrogens is 1. The molecule has 2 aromatic heterocycles. The molecule has 5 heteroatoms. The largest absolute Gasteiger partial charge is 0.357 e. The summed E-state index contributed by atoms with van der Waals surface area (Å²) in [6.45, 7) is 2.39. The van der Waals surface area contributed by atoms with Crippen LogP contribution in [0.5, 0.6) is 0 Å². The van der Waals surface area contributed by atoms with Crippen molar-refractivity contribution >= 4 is 26.8 Å². The second-order valence-electron chi connectivity index (χ2n) is 8.39. The average molecular weight is 409 g/mol. The fourth-order valence-corrected chi connectivity index (χ4v) is 5.91. The lowest BCUT2D eigenvalue weighted by atomic mass is 9.48. The molecule has 26 heavy (non-hydrogen) atoms. The molecule has 3 heterocycles. The molecule has 0 unspecified atom stereocenters. The Bertz CT molecular complexity index is 992. The van der Waals surface area contributed by atoms with Crippen LogP contribution in [-0.2, 0) is 6.42 Å². The lowest BCUT2D eigenvalue weighted by Crippen LogP contribution is -2.71. The SMILES string of the molecule is C[C@@H]1Cc2c([nH]c3ccccc23)[C@@H](c2cnc(Br)cn2)N1C12CC(C1)C2. The number of para-hydroxylation sites is 1. The lowest BCUT2D eigenvalue weighted by molar-refractivity contribution is -0.174. The number of nitrogens with one attached hydrogen (secondary N) is 1. The normalized spacial score (nSPS) is 32.8. The van der Waals surface area contributed by atoms with Crippen LogP contribution in [0.3, 0.4) is 0 Å². The molecule has 132 valence electrons. The molecule has 0 saturated heterocycles. The number of nitrogens with zero attached hydrogens (tertiary/aromatic N) is 3. The number of hydrogen-bond donors (Lipinski definition) is 1. The first-order valence-electron chi connectivity index (χ1n) is 9.50. The van der Waals surface area contributed by atoms with Gasteiger partial charge >= 0.3 is 0 Å². The molecule has 1 aliphatic heterocycles. The minimum absolute atomic E-state index is 0.169. The van der Waals surface area contributed by atoms with Crippen molar-refractivity contribution in [1.82, 2.24) is 19.9 Å². The third kappa shape index (κ3) is 1.93. The van der Waals surface area contributed by atoms with E-state index >= 15 is 0 Å². The summed E-state index contributed by atoms with van der Waals surface area (Å²) in [5.74, 6) is 0.961. The van der Waals surface area contributed by atoms with Gasteiger partial charge in [-0.2, -0.15) is 0 Å². The van der Waals surface area contributed by atoms with Crippen LogP contribution < -0.4 is 0 Å². The fraction of sp³-hybridized carbons (Fsp3) is 0.429. The third-order valence-electron chi connectivity index (χ3n) is 6.85. The summed E-state index contributed by atoms with van der Waals surface area (Å²) < 4.78 is 0.791. The number of rotatable bonds is 2. The summed E-state index contributed by atoms with van der Waals surface area (Å²) in [7, 11) is 0. The first-order valence-corrected chi connectivity index (χ1v) is 10.3. The molecule has 3 aromatic rings. The first kappa shape index (κ1) is 15.3. The molecule has 1 N–H and O–H groups in total. The number of benzene rings is 1. The van der Waals surface area contributed by atoms with Gasteiger partial charge in [0.2, 0.25) is 0 Å². The van der Waals surface area contributed by atoms with E-state index in [1.165, 1.54) is 41.4 Å². The van der Waals surface area contributed by atoms with Crippen LogP contribution in [0.1, 0.15) is 49.2 Å². The van der Waals surface area contributed by atoms with Gasteiger partial charge in [-0.25, -0.2) is 4.98 Å². The third-order valence-corrected chi connectivity index (χ3v) is 7.26. The Balaban J connectivity index is 1.57. The molecular formula is C21H21BrN4. The van der Waals surface area contributed by atoms with Crippen LogP contribution in [-0.4, -0.2) is 31.4 Å². The van der Waals surface area contributed by atoms with Gasteiger partial charge in [0.05, 0.1) is 24.1 Å². The summed E-state index contributed by atoms with van der Waals surface area (Å²) >= 11 is 3.43. The zero-order chi connectivity index (χ0) is 17.5. The standard InChI is InChI=1S/C21H21BrN4/c1-12-6-15-14-4-2-3-5-16(14)25-19(15)20(17-10-24-18(22)11-23-17)26(12)21-7-13(8-21)9-21/h2-5,10-13,20,25H,6-9H2,1H3/t12-,13?,20-,21?/m1/s1. The van der Waals surface area contributed by atoms with E-state index < -0.39 is 0 Å². The Morgan fingerprint density at radius 2 is 1.96 bits per heavy atom. The van der Waals surface area contributed by atoms with Crippen molar-refractivity contribution in [2.24, 2.45) is 5.92 Å². The fourth-order valence-electron chi connectivity index (χ4n) is 5.71. The number of hydrogen-bond acceptors (Lipinski definition) is 3. The molecule has 1 aromatic carbocycles. The highest BCUT2D eigenvalue weighted by atomic mass is 79.9. The van der Waals surface area contributed by atoms with Crippen LogP contribution in [0, 0.1) is 5.92 Å². The van der Waals surface area contributed by atoms with Gasteiger partial charge in [0.1, 0.15) is 4.60 Å². The Labute approximate surface area is 161 Å². The van der Waals surface area contributed by atoms with Gasteiger partial charge in [0.25, 0.3) is 0 Å². The number of fused-ring (bicyclic) bond motifs is 3. The molecule has 0 radical (unpaired) electrons. The zero-order valence-corrected chi connectivity index (χ0v) is 16.3. The van der Waals surface area contributed by atoms with Crippen molar-refractivity contribution in [3.8, 4) is 0 Å². The quantitative estimate of drug-likeness (QED) is 0.673. The number of aromatic amines is 1. The molecule has 2 atom stereocenters. The van der Waals surface area contributed by atoms with Crippen molar-refractivity contribution in [3.63, 3.8) is 0 Å². The molecule has 3 aliphatic carbocycles. The van der Waals surface area contributed by atoms with Gasteiger partial charge in [-0.05, 0) is 66.1 Å². The molecule has 7 rings (SSSR count). The highest BCUT2D eigenvalue weighted by Crippen LogP contribution is 2.64. The summed E-state index contributed by atoms with van der Waals surface area (Å²) in [6.07, 6.45) is 8.94. The van der Waals surface area contributed by atoms with E-state index in [2.05, 4.69) is 62.0 Å². The van der Waals surface area contributed by atoms with Crippen molar-refractivity contribution in [3.05, 3.63) is 58.2 Å². The maximum atomic E-state index is 4.77. The Kier molecular flexibility index (Phi) is 3.05. The van der Waals surface area contributed by atoms with Crippen molar-refractivity contribution < 1.29 is 0 Å². The summed E-state index contributed by atoms with van der Waals surface area (Å²) in [5, 5.41) is 1.36. The molecule has 0 amide bonds. The maximum Gasteiger partial charge on any atom is 0.124 e. The Hall–Kier alpha value is -1.72. The van der Waals surface area contributed by atoms with Crippen LogP contribution in [0.4, 0.5) is 0 Å². The topological polar surface area (TPSA) is 44.8 Å². The second-order valence-corrected chi connectivity index (χ2v) is 9.20. The van der Waals surface area contributed by atoms with E-state index in [0.29, 0.717) is 11.6 Å². The Morgan fingerprint density at radius 3 is 2.65 bits per heavy atom. The molecule has 3 fully saturated rings. The van der Waals surface area contributed by atoms with Gasteiger partial charge in [0, 0.05) is 28.2 Å². The number of halogens is 1. The van der Waals surface area contributed by atoms with E-state index in [1.807, 2.05) is 12.4 Å². The molecule has 0 spiro atoms. The van der Waals surface area contributed by atoms with Gasteiger partial charge < -0.3 is 4.98 Å². The van der Waals surface area contributed by atoms with E-state index in [4.69, 9.17) is 4.98 Å². The van der Waals surface area contributed by atoms with Crippen molar-refractivity contribution in [2.45, 2.75) is 50.2 Å². The van der Waals surface area contributed by atoms with Crippen molar-refractivity contribution in [2.75, 3.05) is 0 Å². The summed E-state index contributed by atoms with van der Waals surface area (Å²) in [4.78, 5) is 15.8. The highest BCUT2D eigenvalue weighted by Gasteiger charge is 2.63. The summed E-state index contributed by atoms with van der Waals surface area (Å²) in [5.41, 5.74) is 5.46. The molecule has 2 bridgehead atoms. The predicted octanol–water partition coefficient (Wildman–Crippen LogP) is 4.61. The molecule has 3 saturated carbocycles. The molecular weight excluding hydrogens is 388 g/mol. The lowest BCUT2D eigenvalue weighted by Gasteiger charge is -2.69. The van der Waals surface area contributed by atoms with Gasteiger partial charge in [-0.3, -0.25) is 9.88 Å². The smallest absolute Gasteiger partial charge is 0.124 e. The Morgan fingerprint density at radius 1 is 1.15 bits per heavy atom. The predicted molar refractivity (Wildman–Crippen MR) is 105 cm³/mol. The van der Waals surface area contributed by atoms with E-state index in [9.17, 15) is 0 Å². The van der Waals surface area contributed by atoms with Gasteiger partial charge in [-0.15, -0.1) is 0 Å². The van der Waals surface area contributed by atoms with E-state index in [0.717, 1.165) is 22.6 Å². The monoisotopic (exact) mass is 408 g/mol. The van der Waals surface area contributed by atoms with Crippen molar-refractivity contribution in [1.29, 1.82) is 0 Å². The second kappa shape index (κ2) is 5.17. The molecule has 4 nitrogen and oxygen atoms in total. The van der Waals surface area contributed by atoms with Crippen LogP contribution in [0.2, 0.25) is 0 Å². The first-order chi connectivity index (χ1) is 12.6. The van der Waals surface area contributed by atoms with Gasteiger partial charge in [-0.1, -0.05) is 18.2 Å². The summed E-state index contributed by atoms with van der Waals surface area (Å²) in [6, 6.07) is 9.37. The van der Waals surface area contributed by atoms with E-state index in [-0.39, 0.29) is 6.04 Å². The maximum absolute atomic E-state index is 4.77. The van der Waals surface area contributed by atoms with Crippen LogP contribution >= 0.6 is 15.9 Å². The minimum Gasteiger partial charge on any atom is -0.357 e. The zero-order valence-electron chi connectivity index (χ0n) is 14.7. The number of aromatic nitrogens is 3. The van der Waals surface area contributed by atoms with Crippen LogP contribution in [0.25, 0.3) is 10.9 Å². The van der Waals surface area contributed by atoms with Crippen LogP contribution in [0.15, 0.2) is 41.3 Å². The minimum atomic E-state index is 0.169. The molecule has 4 aliphatic rings. The van der Waals surface area contributed by atoms with E-state index in [1.54, 1.807) is 0 Å². The average Bonchev–Trinajstić information content (AvgIpc) is 2.92. The van der Waals surface area contributed by atoms with Gasteiger partial charge in [0.15, 0.2) is 0 Å².